The van der Waals surface area contributed by atoms with Crippen LogP contribution in [-0.4, -0.2) is 23.6 Å². The minimum Gasteiger partial charge on any atom is -0.313 e. The molecule has 2 heteroatoms. The van der Waals surface area contributed by atoms with Crippen molar-refractivity contribution in [3.8, 4) is 0 Å². The Hall–Kier alpha value is 0.310. The zero-order valence-corrected chi connectivity index (χ0v) is 12.1. The van der Waals surface area contributed by atoms with E-state index in [0.717, 1.165) is 23.8 Å². The van der Waals surface area contributed by atoms with Crippen molar-refractivity contribution in [1.82, 2.24) is 5.32 Å². The second-order valence-corrected chi connectivity index (χ2v) is 6.60. The summed E-state index contributed by atoms with van der Waals surface area (Å²) in [6, 6.07) is 0.747. The monoisotopic (exact) mass is 243 g/mol. The Bertz CT molecular complexity index is 161. The number of thioether (sulfide) groups is 1. The molecule has 0 spiro atoms. The average molecular weight is 243 g/mol. The largest absolute Gasteiger partial charge is 0.313 e. The van der Waals surface area contributed by atoms with E-state index in [0.29, 0.717) is 0 Å². The van der Waals surface area contributed by atoms with Gasteiger partial charge in [0.15, 0.2) is 0 Å². The van der Waals surface area contributed by atoms with Crippen molar-refractivity contribution in [3.63, 3.8) is 0 Å². The fourth-order valence-corrected chi connectivity index (χ4v) is 4.25. The topological polar surface area (TPSA) is 12.0 Å². The summed E-state index contributed by atoms with van der Waals surface area (Å²) in [7, 11) is 0. The van der Waals surface area contributed by atoms with Crippen molar-refractivity contribution in [2.75, 3.05) is 12.3 Å². The van der Waals surface area contributed by atoms with Gasteiger partial charge in [-0.15, -0.1) is 0 Å². The summed E-state index contributed by atoms with van der Waals surface area (Å²) < 4.78 is 0. The van der Waals surface area contributed by atoms with Crippen molar-refractivity contribution < 1.29 is 0 Å². The number of hydrogen-bond acceptors (Lipinski definition) is 2. The predicted molar refractivity (Wildman–Crippen MR) is 76.3 cm³/mol. The van der Waals surface area contributed by atoms with E-state index >= 15 is 0 Å². The maximum absolute atomic E-state index is 3.61. The van der Waals surface area contributed by atoms with Crippen LogP contribution in [-0.2, 0) is 0 Å². The zero-order chi connectivity index (χ0) is 11.8. The van der Waals surface area contributed by atoms with Crippen LogP contribution < -0.4 is 5.32 Å². The van der Waals surface area contributed by atoms with Crippen LogP contribution in [0.15, 0.2) is 0 Å². The van der Waals surface area contributed by atoms with Crippen LogP contribution in [0.2, 0.25) is 0 Å². The van der Waals surface area contributed by atoms with Crippen LogP contribution in [0.25, 0.3) is 0 Å². The second-order valence-electron chi connectivity index (χ2n) is 5.27. The lowest BCUT2D eigenvalue weighted by atomic mass is 9.91. The molecule has 0 radical (unpaired) electrons. The lowest BCUT2D eigenvalue weighted by Gasteiger charge is -2.28. The molecule has 0 amide bonds. The van der Waals surface area contributed by atoms with Crippen LogP contribution in [0.1, 0.15) is 59.3 Å². The van der Waals surface area contributed by atoms with E-state index in [1.165, 1.54) is 44.3 Å². The Kier molecular flexibility index (Phi) is 7.55. The maximum atomic E-state index is 3.61. The van der Waals surface area contributed by atoms with Crippen LogP contribution in [0.3, 0.4) is 0 Å². The smallest absolute Gasteiger partial charge is 0.0158 e. The Morgan fingerprint density at radius 1 is 1.31 bits per heavy atom. The summed E-state index contributed by atoms with van der Waals surface area (Å²) >= 11 is 2.23. The molecule has 3 atom stereocenters. The van der Waals surface area contributed by atoms with Gasteiger partial charge in [0.2, 0.25) is 0 Å². The molecule has 0 saturated heterocycles. The molecule has 0 aromatic carbocycles. The lowest BCUT2D eigenvalue weighted by molar-refractivity contribution is 0.393. The summed E-state index contributed by atoms with van der Waals surface area (Å²) in [4.78, 5) is 0. The van der Waals surface area contributed by atoms with Gasteiger partial charge in [0.1, 0.15) is 0 Å². The molecule has 1 saturated carbocycles. The first-order valence-corrected chi connectivity index (χ1v) is 8.16. The van der Waals surface area contributed by atoms with Gasteiger partial charge in [0, 0.05) is 17.0 Å². The lowest BCUT2D eigenvalue weighted by Crippen LogP contribution is -2.32. The molecule has 1 nitrogen and oxygen atoms in total. The van der Waals surface area contributed by atoms with Gasteiger partial charge >= 0.3 is 0 Å². The summed E-state index contributed by atoms with van der Waals surface area (Å²) in [5.74, 6) is 2.29. The highest BCUT2D eigenvalue weighted by Gasteiger charge is 2.20. The molecule has 1 N–H and O–H groups in total. The van der Waals surface area contributed by atoms with E-state index in [4.69, 9.17) is 0 Å². The third-order valence-electron chi connectivity index (χ3n) is 3.55. The molecule has 1 aliphatic rings. The van der Waals surface area contributed by atoms with Crippen molar-refractivity contribution in [3.05, 3.63) is 0 Å². The second kappa shape index (κ2) is 8.41. The van der Waals surface area contributed by atoms with Gasteiger partial charge in [-0.1, -0.05) is 40.0 Å². The van der Waals surface area contributed by atoms with Crippen molar-refractivity contribution in [2.45, 2.75) is 70.6 Å². The minimum atomic E-state index is 0.747. The summed E-state index contributed by atoms with van der Waals surface area (Å²) in [5, 5.41) is 4.56. The molecular formula is C14H29NS. The van der Waals surface area contributed by atoms with Crippen molar-refractivity contribution in [1.29, 1.82) is 0 Å². The molecule has 1 aliphatic carbocycles. The van der Waals surface area contributed by atoms with Gasteiger partial charge in [-0.3, -0.25) is 0 Å². The van der Waals surface area contributed by atoms with Gasteiger partial charge in [-0.25, -0.2) is 0 Å². The number of hydrogen-bond donors (Lipinski definition) is 1. The van der Waals surface area contributed by atoms with Crippen LogP contribution in [0, 0.1) is 5.92 Å². The first-order valence-electron chi connectivity index (χ1n) is 7.11. The zero-order valence-electron chi connectivity index (χ0n) is 11.3. The molecule has 0 heterocycles. The van der Waals surface area contributed by atoms with Crippen LogP contribution in [0.4, 0.5) is 0 Å². The molecule has 16 heavy (non-hydrogen) atoms. The third kappa shape index (κ3) is 5.58. The fourth-order valence-electron chi connectivity index (χ4n) is 2.66. The van der Waals surface area contributed by atoms with E-state index in [1.807, 2.05) is 0 Å². The van der Waals surface area contributed by atoms with E-state index < -0.39 is 0 Å². The Labute approximate surface area is 106 Å². The normalized spacial score (nSPS) is 27.9. The SMILES string of the molecule is CCCC(CSC1CCCC(C)C1)NCC. The number of nitrogens with one attached hydrogen (secondary N) is 1. The summed E-state index contributed by atoms with van der Waals surface area (Å²) in [6.07, 6.45) is 8.47. The summed E-state index contributed by atoms with van der Waals surface area (Å²) in [6.45, 7) is 8.04. The highest BCUT2D eigenvalue weighted by molar-refractivity contribution is 7.99. The van der Waals surface area contributed by atoms with Crippen molar-refractivity contribution in [2.24, 2.45) is 5.92 Å². The van der Waals surface area contributed by atoms with E-state index in [-0.39, 0.29) is 0 Å². The fraction of sp³-hybridized carbons (Fsp3) is 1.00. The van der Waals surface area contributed by atoms with E-state index in [1.54, 1.807) is 0 Å². The molecule has 0 aromatic heterocycles. The highest BCUT2D eigenvalue weighted by atomic mass is 32.2. The molecule has 96 valence electrons. The number of rotatable bonds is 7. The highest BCUT2D eigenvalue weighted by Crippen LogP contribution is 2.32. The van der Waals surface area contributed by atoms with Gasteiger partial charge in [0.05, 0.1) is 0 Å². The van der Waals surface area contributed by atoms with E-state index in [2.05, 4.69) is 37.8 Å². The molecule has 0 aliphatic heterocycles. The van der Waals surface area contributed by atoms with Gasteiger partial charge in [-0.2, -0.15) is 11.8 Å². The first kappa shape index (κ1) is 14.4. The standard InChI is InChI=1S/C14H29NS/c1-4-7-13(15-5-2)11-16-14-9-6-8-12(3)10-14/h12-15H,4-11H2,1-3H3. The van der Waals surface area contributed by atoms with Crippen LogP contribution >= 0.6 is 11.8 Å². The van der Waals surface area contributed by atoms with Crippen molar-refractivity contribution >= 4 is 11.8 Å². The molecule has 1 rings (SSSR count). The predicted octanol–water partition coefficient (Wildman–Crippen LogP) is 4.08. The quantitative estimate of drug-likeness (QED) is 0.723. The minimum absolute atomic E-state index is 0.747. The Morgan fingerprint density at radius 2 is 2.12 bits per heavy atom. The summed E-state index contributed by atoms with van der Waals surface area (Å²) in [5.41, 5.74) is 0. The average Bonchev–Trinajstić information content (AvgIpc) is 2.27. The Morgan fingerprint density at radius 3 is 2.75 bits per heavy atom. The first-order chi connectivity index (χ1) is 7.76. The molecular weight excluding hydrogens is 214 g/mol. The van der Waals surface area contributed by atoms with Crippen LogP contribution in [0.5, 0.6) is 0 Å². The Balaban J connectivity index is 2.19. The van der Waals surface area contributed by atoms with Gasteiger partial charge < -0.3 is 5.32 Å². The molecule has 3 unspecified atom stereocenters. The molecule has 1 fully saturated rings. The van der Waals surface area contributed by atoms with E-state index in [9.17, 15) is 0 Å². The van der Waals surface area contributed by atoms with Gasteiger partial charge in [-0.05, 0) is 31.7 Å². The molecule has 0 bridgehead atoms. The third-order valence-corrected chi connectivity index (χ3v) is 5.05. The maximum Gasteiger partial charge on any atom is 0.0158 e. The molecule has 0 aromatic rings. The van der Waals surface area contributed by atoms with Gasteiger partial charge in [0.25, 0.3) is 0 Å².